The fourth-order valence-electron chi connectivity index (χ4n) is 3.08. The molecule has 28 heavy (non-hydrogen) atoms. The van der Waals surface area contributed by atoms with Gasteiger partial charge >= 0.3 is 0 Å². The maximum absolute atomic E-state index is 10.0. The first-order valence-corrected chi connectivity index (χ1v) is 11.0. The maximum Gasteiger partial charge on any atom is 0.191 e. The van der Waals surface area contributed by atoms with Crippen LogP contribution in [0.2, 0.25) is 0 Å². The van der Waals surface area contributed by atoms with Gasteiger partial charge in [-0.25, -0.2) is 0 Å². The molecule has 162 valence electrons. The van der Waals surface area contributed by atoms with Gasteiger partial charge in [-0.1, -0.05) is 13.8 Å². The molecule has 0 amide bonds. The lowest BCUT2D eigenvalue weighted by molar-refractivity contribution is 0.0301. The Bertz CT molecular complexity index is 534. The van der Waals surface area contributed by atoms with Crippen LogP contribution in [0.5, 0.6) is 0 Å². The lowest BCUT2D eigenvalue weighted by Crippen LogP contribution is -2.48. The molecule has 0 aliphatic carbocycles. The minimum Gasteiger partial charge on any atom is -0.389 e. The Morgan fingerprint density at radius 1 is 1.36 bits per heavy atom. The van der Waals surface area contributed by atoms with Crippen molar-refractivity contribution in [1.82, 2.24) is 15.5 Å². The first-order valence-electron chi connectivity index (χ1n) is 10.1. The summed E-state index contributed by atoms with van der Waals surface area (Å²) in [6, 6.07) is 2.64. The van der Waals surface area contributed by atoms with E-state index in [1.807, 2.05) is 0 Å². The highest BCUT2D eigenvalue weighted by molar-refractivity contribution is 14.0. The second kappa shape index (κ2) is 14.5. The number of piperidine rings is 1. The molecule has 6 nitrogen and oxygen atoms in total. The zero-order chi connectivity index (χ0) is 19.5. The van der Waals surface area contributed by atoms with Gasteiger partial charge < -0.3 is 20.5 Å². The van der Waals surface area contributed by atoms with Crippen LogP contribution < -0.4 is 10.6 Å². The summed E-state index contributed by atoms with van der Waals surface area (Å²) in [7, 11) is 0. The summed E-state index contributed by atoms with van der Waals surface area (Å²) in [5.41, 5.74) is 1.41. The summed E-state index contributed by atoms with van der Waals surface area (Å²) in [6.45, 7) is 11.7. The van der Waals surface area contributed by atoms with Crippen molar-refractivity contribution in [2.45, 2.75) is 52.3 Å². The number of aliphatic imine (C=N–C) groups is 1. The summed E-state index contributed by atoms with van der Waals surface area (Å²) < 4.78 is 5.49. The smallest absolute Gasteiger partial charge is 0.191 e. The fraction of sp³-hybridized carbons (Fsp3) is 0.750. The van der Waals surface area contributed by atoms with Gasteiger partial charge in [-0.2, -0.15) is 11.3 Å². The van der Waals surface area contributed by atoms with Gasteiger partial charge in [0.1, 0.15) is 0 Å². The van der Waals surface area contributed by atoms with Gasteiger partial charge in [0.15, 0.2) is 5.96 Å². The van der Waals surface area contributed by atoms with Crippen LogP contribution in [0, 0.1) is 5.92 Å². The molecule has 3 N–H and O–H groups in total. The molecule has 1 aliphatic heterocycles. The van der Waals surface area contributed by atoms with Crippen molar-refractivity contribution < 1.29 is 9.84 Å². The van der Waals surface area contributed by atoms with E-state index >= 15 is 0 Å². The molecule has 1 aromatic rings. The van der Waals surface area contributed by atoms with E-state index in [2.05, 4.69) is 58.1 Å². The molecule has 1 atom stereocenters. The monoisotopic (exact) mass is 524 g/mol. The standard InChI is InChI=1S/C20H36N4O2S.HI/c1-4-21-20(22-11-19(25)14-26-13-16(2)3)23-18-5-8-24(9-6-18)12-17-7-10-27-15-17;/h7,10,15-16,18-19,25H,4-6,8-9,11-14H2,1-3H3,(H2,21,22,23);1H. The molecule has 0 saturated carbocycles. The molecule has 1 unspecified atom stereocenters. The molecule has 1 aliphatic rings. The van der Waals surface area contributed by atoms with Gasteiger partial charge in [0.25, 0.3) is 0 Å². The Labute approximate surface area is 191 Å². The van der Waals surface area contributed by atoms with Crippen LogP contribution in [0.3, 0.4) is 0 Å². The lowest BCUT2D eigenvalue weighted by Gasteiger charge is -2.33. The lowest BCUT2D eigenvalue weighted by atomic mass is 10.0. The van der Waals surface area contributed by atoms with Crippen LogP contribution in [0.15, 0.2) is 21.8 Å². The first-order chi connectivity index (χ1) is 13.1. The largest absolute Gasteiger partial charge is 0.389 e. The number of aliphatic hydroxyl groups is 1. The molecular formula is C20H37IN4O2S. The highest BCUT2D eigenvalue weighted by Gasteiger charge is 2.20. The average molecular weight is 525 g/mol. The molecule has 2 rings (SSSR count). The molecule has 0 spiro atoms. The fourth-order valence-corrected chi connectivity index (χ4v) is 3.74. The summed E-state index contributed by atoms with van der Waals surface area (Å²) >= 11 is 1.76. The van der Waals surface area contributed by atoms with E-state index in [1.165, 1.54) is 5.56 Å². The van der Waals surface area contributed by atoms with Crippen molar-refractivity contribution in [3.63, 3.8) is 0 Å². The van der Waals surface area contributed by atoms with E-state index in [1.54, 1.807) is 11.3 Å². The average Bonchev–Trinajstić information content (AvgIpc) is 3.14. The molecule has 0 aromatic carbocycles. The molecule has 2 heterocycles. The van der Waals surface area contributed by atoms with Crippen molar-refractivity contribution >= 4 is 41.3 Å². The van der Waals surface area contributed by atoms with Crippen LogP contribution in [-0.4, -0.2) is 67.5 Å². The molecule has 1 saturated heterocycles. The number of guanidine groups is 1. The summed E-state index contributed by atoms with van der Waals surface area (Å²) in [4.78, 5) is 7.05. The normalized spacial score (nSPS) is 17.4. The highest BCUT2D eigenvalue weighted by Crippen LogP contribution is 2.15. The third kappa shape index (κ3) is 10.4. The number of halogens is 1. The van der Waals surface area contributed by atoms with Crippen LogP contribution in [0.1, 0.15) is 39.2 Å². The first kappa shape index (κ1) is 25.6. The van der Waals surface area contributed by atoms with Crippen molar-refractivity contribution in [3.05, 3.63) is 22.4 Å². The Morgan fingerprint density at radius 3 is 2.71 bits per heavy atom. The van der Waals surface area contributed by atoms with Crippen LogP contribution in [0.25, 0.3) is 0 Å². The van der Waals surface area contributed by atoms with E-state index in [-0.39, 0.29) is 24.0 Å². The third-order valence-electron chi connectivity index (χ3n) is 4.48. The third-order valence-corrected chi connectivity index (χ3v) is 5.21. The number of hydrogen-bond donors (Lipinski definition) is 3. The Morgan fingerprint density at radius 2 is 2.11 bits per heavy atom. The number of hydrogen-bond acceptors (Lipinski definition) is 5. The zero-order valence-corrected chi connectivity index (χ0v) is 20.5. The minimum atomic E-state index is -0.563. The SMILES string of the molecule is CCNC(=NCC(O)COCC(C)C)NC1CCN(Cc2ccsc2)CC1.I. The van der Waals surface area contributed by atoms with Crippen molar-refractivity contribution in [1.29, 1.82) is 0 Å². The number of likely N-dealkylation sites (tertiary alicyclic amines) is 1. The topological polar surface area (TPSA) is 69.1 Å². The second-order valence-electron chi connectivity index (χ2n) is 7.63. The van der Waals surface area contributed by atoms with Gasteiger partial charge in [0.2, 0.25) is 0 Å². The van der Waals surface area contributed by atoms with E-state index in [0.29, 0.717) is 31.7 Å². The van der Waals surface area contributed by atoms with Gasteiger partial charge in [0.05, 0.1) is 19.3 Å². The second-order valence-corrected chi connectivity index (χ2v) is 8.41. The van der Waals surface area contributed by atoms with Gasteiger partial charge in [-0.3, -0.25) is 9.89 Å². The summed E-state index contributed by atoms with van der Waals surface area (Å²) in [6.07, 6.45) is 1.65. The number of nitrogens with one attached hydrogen (secondary N) is 2. The van der Waals surface area contributed by atoms with Crippen molar-refractivity contribution in [2.75, 3.05) is 39.4 Å². The van der Waals surface area contributed by atoms with E-state index < -0.39 is 6.10 Å². The van der Waals surface area contributed by atoms with E-state index in [9.17, 15) is 5.11 Å². The summed E-state index contributed by atoms with van der Waals surface area (Å²) in [5.74, 6) is 1.27. The number of nitrogens with zero attached hydrogens (tertiary/aromatic N) is 2. The number of thiophene rings is 1. The number of rotatable bonds is 10. The molecular weight excluding hydrogens is 487 g/mol. The molecule has 8 heteroatoms. The molecule has 0 radical (unpaired) electrons. The highest BCUT2D eigenvalue weighted by atomic mass is 127. The summed E-state index contributed by atoms with van der Waals surface area (Å²) in [5, 5.41) is 21.2. The Balaban J connectivity index is 0.00000392. The van der Waals surface area contributed by atoms with Crippen LogP contribution >= 0.6 is 35.3 Å². The molecule has 0 bridgehead atoms. The van der Waals surface area contributed by atoms with Crippen LogP contribution in [-0.2, 0) is 11.3 Å². The minimum absolute atomic E-state index is 0. The quantitative estimate of drug-likeness (QED) is 0.250. The van der Waals surface area contributed by atoms with Crippen molar-refractivity contribution in [2.24, 2.45) is 10.9 Å². The Kier molecular flexibility index (Phi) is 13.3. The molecule has 1 fully saturated rings. The number of ether oxygens (including phenoxy) is 1. The Hall–Kier alpha value is -0.420. The van der Waals surface area contributed by atoms with Crippen molar-refractivity contribution in [3.8, 4) is 0 Å². The van der Waals surface area contributed by atoms with Gasteiger partial charge in [0, 0.05) is 38.8 Å². The van der Waals surface area contributed by atoms with Gasteiger partial charge in [-0.05, 0) is 48.1 Å². The van der Waals surface area contributed by atoms with Crippen LogP contribution in [0.4, 0.5) is 0 Å². The van der Waals surface area contributed by atoms with Gasteiger partial charge in [-0.15, -0.1) is 24.0 Å². The zero-order valence-electron chi connectivity index (χ0n) is 17.4. The molecule has 1 aromatic heterocycles. The number of aliphatic hydroxyl groups excluding tert-OH is 1. The van der Waals surface area contributed by atoms with E-state index in [0.717, 1.165) is 45.0 Å². The van der Waals surface area contributed by atoms with E-state index in [4.69, 9.17) is 4.74 Å². The maximum atomic E-state index is 10.0. The predicted molar refractivity (Wildman–Crippen MR) is 129 cm³/mol. The predicted octanol–water partition coefficient (Wildman–Crippen LogP) is 2.92.